The number of carbonyl (C=O) groups is 4. The quantitative estimate of drug-likeness (QED) is 0.359. The Hall–Kier alpha value is -3.38. The minimum absolute atomic E-state index is 0.0213. The van der Waals surface area contributed by atoms with E-state index in [2.05, 4.69) is 15.6 Å². The number of nitrogens with one attached hydrogen (secondary N) is 2. The van der Waals surface area contributed by atoms with Crippen LogP contribution in [-0.2, 0) is 25.6 Å². The Labute approximate surface area is 190 Å². The van der Waals surface area contributed by atoms with E-state index in [0.29, 0.717) is 32.6 Å². The molecule has 3 heterocycles. The summed E-state index contributed by atoms with van der Waals surface area (Å²) in [7, 11) is 0. The molecule has 166 valence electrons. The molecule has 1 fully saturated rings. The van der Waals surface area contributed by atoms with Gasteiger partial charge in [-0.15, -0.1) is 11.8 Å². The Bertz CT molecular complexity index is 1160. The first-order chi connectivity index (χ1) is 15.3. The molecular formula is C20H19N5O5S2. The summed E-state index contributed by atoms with van der Waals surface area (Å²) in [5.74, 6) is -2.07. The third-order valence-electron chi connectivity index (χ3n) is 4.98. The van der Waals surface area contributed by atoms with Crippen molar-refractivity contribution in [2.24, 2.45) is 0 Å². The number of thioether (sulfide) groups is 1. The second-order valence-corrected chi connectivity index (χ2v) is 9.31. The third-order valence-corrected chi connectivity index (χ3v) is 7.23. The van der Waals surface area contributed by atoms with Crippen LogP contribution in [0.25, 0.3) is 5.57 Å². The fraction of sp³-hybridized carbons (Fsp3) is 0.250. The van der Waals surface area contributed by atoms with Crippen molar-refractivity contribution in [3.8, 4) is 0 Å². The van der Waals surface area contributed by atoms with Gasteiger partial charge in [-0.1, -0.05) is 29.5 Å². The molecule has 2 unspecified atom stereocenters. The molecule has 0 spiro atoms. The molecule has 0 aliphatic carbocycles. The normalized spacial score (nSPS) is 19.8. The summed E-state index contributed by atoms with van der Waals surface area (Å²) in [6, 6.07) is 6.15. The lowest BCUT2D eigenvalue weighted by Gasteiger charge is -2.49. The molecule has 1 saturated heterocycles. The van der Waals surface area contributed by atoms with Gasteiger partial charge in [-0.2, -0.15) is 0 Å². The molecular weight excluding hydrogens is 454 g/mol. The van der Waals surface area contributed by atoms with Crippen LogP contribution in [0.3, 0.4) is 0 Å². The van der Waals surface area contributed by atoms with E-state index in [1.165, 1.54) is 29.8 Å². The zero-order valence-corrected chi connectivity index (χ0v) is 18.5. The number of nitrogens with two attached hydrogens (primary N) is 1. The molecule has 4 rings (SSSR count). The lowest BCUT2D eigenvalue weighted by atomic mass is 10.0. The Morgan fingerprint density at radius 3 is 2.75 bits per heavy atom. The average Bonchev–Trinajstić information content (AvgIpc) is 3.20. The van der Waals surface area contributed by atoms with Gasteiger partial charge in [0, 0.05) is 30.1 Å². The summed E-state index contributed by atoms with van der Waals surface area (Å²) in [4.78, 5) is 54.3. The fourth-order valence-electron chi connectivity index (χ4n) is 3.52. The number of fused-ring (bicyclic) bond motifs is 1. The molecule has 2 aliphatic heterocycles. The Kier molecular flexibility index (Phi) is 5.89. The maximum absolute atomic E-state index is 12.8. The first kappa shape index (κ1) is 21.8. The van der Waals surface area contributed by atoms with Crippen LogP contribution in [0, 0.1) is 0 Å². The number of hydrogen-bond acceptors (Lipinski definition) is 8. The molecule has 12 heteroatoms. The van der Waals surface area contributed by atoms with Crippen molar-refractivity contribution < 1.29 is 24.3 Å². The summed E-state index contributed by atoms with van der Waals surface area (Å²) in [6.07, 6.45) is 1.50. The molecule has 2 aromatic rings. The van der Waals surface area contributed by atoms with Gasteiger partial charge < -0.3 is 21.5 Å². The number of nitrogens with zero attached hydrogens (tertiary/aromatic N) is 2. The number of aromatic nitrogens is 1. The van der Waals surface area contributed by atoms with Crippen LogP contribution in [0.1, 0.15) is 17.4 Å². The van der Waals surface area contributed by atoms with Crippen molar-refractivity contribution >= 4 is 63.2 Å². The zero-order chi connectivity index (χ0) is 23.0. The van der Waals surface area contributed by atoms with Gasteiger partial charge in [0.2, 0.25) is 11.8 Å². The van der Waals surface area contributed by atoms with Gasteiger partial charge in [-0.25, -0.2) is 9.78 Å². The number of para-hydroxylation sites is 1. The second-order valence-electron chi connectivity index (χ2n) is 7.17. The van der Waals surface area contributed by atoms with Crippen molar-refractivity contribution in [2.45, 2.75) is 24.8 Å². The lowest BCUT2D eigenvalue weighted by molar-refractivity contribution is -0.150. The summed E-state index contributed by atoms with van der Waals surface area (Å²) < 4.78 is 0. The number of benzene rings is 1. The average molecular weight is 474 g/mol. The molecule has 1 aromatic heterocycles. The molecule has 5 N–H and O–H groups in total. The van der Waals surface area contributed by atoms with Crippen LogP contribution in [0.4, 0.5) is 10.8 Å². The van der Waals surface area contributed by atoms with Crippen molar-refractivity contribution in [3.63, 3.8) is 0 Å². The SMILES string of the molecule is CC(=O)Nc1ncc(C2=C(C(=O)O)N3C(=O)C(NC(=O)Cc4ccccc4N)C3SC2)s1. The molecule has 10 nitrogen and oxygen atoms in total. The van der Waals surface area contributed by atoms with Crippen molar-refractivity contribution in [1.82, 2.24) is 15.2 Å². The number of anilines is 2. The molecule has 32 heavy (non-hydrogen) atoms. The van der Waals surface area contributed by atoms with Gasteiger partial charge in [0.1, 0.15) is 17.1 Å². The van der Waals surface area contributed by atoms with Crippen molar-refractivity contribution in [1.29, 1.82) is 0 Å². The summed E-state index contributed by atoms with van der Waals surface area (Å²) in [5, 5.41) is 14.9. The molecule has 1 aromatic carbocycles. The molecule has 3 amide bonds. The van der Waals surface area contributed by atoms with E-state index in [9.17, 15) is 24.3 Å². The van der Waals surface area contributed by atoms with Gasteiger partial charge in [0.05, 0.1) is 11.3 Å². The van der Waals surface area contributed by atoms with E-state index in [0.717, 1.165) is 11.3 Å². The van der Waals surface area contributed by atoms with Crippen molar-refractivity contribution in [3.05, 3.63) is 46.6 Å². The van der Waals surface area contributed by atoms with Crippen molar-refractivity contribution in [2.75, 3.05) is 16.8 Å². The number of amides is 3. The monoisotopic (exact) mass is 473 g/mol. The summed E-state index contributed by atoms with van der Waals surface area (Å²) in [5.41, 5.74) is 7.33. The van der Waals surface area contributed by atoms with Crippen LogP contribution < -0.4 is 16.4 Å². The number of rotatable bonds is 6. The molecule has 2 atom stereocenters. The van der Waals surface area contributed by atoms with Gasteiger partial charge in [0.25, 0.3) is 5.91 Å². The van der Waals surface area contributed by atoms with E-state index in [4.69, 9.17) is 5.73 Å². The maximum atomic E-state index is 12.8. The highest BCUT2D eigenvalue weighted by Crippen LogP contribution is 2.44. The molecule has 0 saturated carbocycles. The maximum Gasteiger partial charge on any atom is 0.353 e. The first-order valence-corrected chi connectivity index (χ1v) is 11.4. The minimum Gasteiger partial charge on any atom is -0.477 e. The Balaban J connectivity index is 1.51. The van der Waals surface area contributed by atoms with E-state index in [1.807, 2.05) is 0 Å². The van der Waals surface area contributed by atoms with Crippen LogP contribution in [-0.4, -0.2) is 55.8 Å². The standard InChI is InChI=1S/C20H19N5O5S2/c1-9(26)23-20-22-7-13(32-20)11-8-31-18-15(17(28)25(18)16(11)19(29)30)24-14(27)6-10-4-2-3-5-12(10)21/h2-5,7,15,18H,6,8,21H2,1H3,(H,24,27)(H,29,30)(H,22,23,26). The van der Waals surface area contributed by atoms with Gasteiger partial charge >= 0.3 is 5.97 Å². The van der Waals surface area contributed by atoms with E-state index in [-0.39, 0.29) is 23.9 Å². The largest absolute Gasteiger partial charge is 0.477 e. The van der Waals surface area contributed by atoms with Gasteiger partial charge in [-0.3, -0.25) is 19.3 Å². The van der Waals surface area contributed by atoms with Crippen LogP contribution in [0.15, 0.2) is 36.2 Å². The van der Waals surface area contributed by atoms with Gasteiger partial charge in [0.15, 0.2) is 5.13 Å². The smallest absolute Gasteiger partial charge is 0.353 e. The number of hydrogen-bond donors (Lipinski definition) is 4. The number of β-lactam (4-membered cyclic amide) rings is 1. The third kappa shape index (κ3) is 4.06. The fourth-order valence-corrected chi connectivity index (χ4v) is 5.88. The highest BCUT2D eigenvalue weighted by atomic mass is 32.2. The summed E-state index contributed by atoms with van der Waals surface area (Å²) in [6.45, 7) is 1.35. The number of carboxylic acid groups (broad SMARTS) is 1. The zero-order valence-electron chi connectivity index (χ0n) is 16.8. The highest BCUT2D eigenvalue weighted by molar-refractivity contribution is 8.00. The van der Waals surface area contributed by atoms with Crippen LogP contribution in [0.2, 0.25) is 0 Å². The predicted octanol–water partition coefficient (Wildman–Crippen LogP) is 1.12. The molecule has 0 radical (unpaired) electrons. The molecule has 0 bridgehead atoms. The predicted molar refractivity (Wildman–Crippen MR) is 121 cm³/mol. The first-order valence-electron chi connectivity index (χ1n) is 9.54. The second kappa shape index (κ2) is 8.63. The van der Waals surface area contributed by atoms with E-state index in [1.54, 1.807) is 24.3 Å². The molecule has 2 aliphatic rings. The minimum atomic E-state index is -1.24. The number of carboxylic acids is 1. The van der Waals surface area contributed by atoms with Crippen LogP contribution >= 0.6 is 23.1 Å². The summed E-state index contributed by atoms with van der Waals surface area (Å²) >= 11 is 2.49. The van der Waals surface area contributed by atoms with E-state index < -0.39 is 23.3 Å². The van der Waals surface area contributed by atoms with Gasteiger partial charge in [-0.05, 0) is 11.6 Å². The number of thiazole rings is 1. The topological polar surface area (TPSA) is 155 Å². The Morgan fingerprint density at radius 2 is 2.06 bits per heavy atom. The highest BCUT2D eigenvalue weighted by Gasteiger charge is 2.54. The number of aliphatic carboxylic acids is 1. The lowest BCUT2D eigenvalue weighted by Crippen LogP contribution is -2.70. The number of nitrogen functional groups attached to an aromatic ring is 1. The number of carbonyl (C=O) groups excluding carboxylic acids is 3. The van der Waals surface area contributed by atoms with E-state index >= 15 is 0 Å². The Morgan fingerprint density at radius 1 is 1.31 bits per heavy atom. The van der Waals surface area contributed by atoms with Crippen LogP contribution in [0.5, 0.6) is 0 Å².